The van der Waals surface area contributed by atoms with E-state index in [9.17, 15) is 18.4 Å². The molecule has 4 saturated carbocycles. The highest BCUT2D eigenvalue weighted by Gasteiger charge is 2.56. The minimum absolute atomic E-state index is 0.0360. The Balaban J connectivity index is 1.36. The van der Waals surface area contributed by atoms with E-state index in [2.05, 4.69) is 10.3 Å². The number of anilines is 1. The van der Waals surface area contributed by atoms with Gasteiger partial charge >= 0.3 is 0 Å². The number of amides is 1. The van der Waals surface area contributed by atoms with Gasteiger partial charge in [-0.3, -0.25) is 14.2 Å². The first kappa shape index (κ1) is 20.1. The Morgan fingerprint density at radius 1 is 1.06 bits per heavy atom. The number of carbonyl (C=O) groups excluding carboxylic acids is 1. The van der Waals surface area contributed by atoms with Crippen LogP contribution in [0.5, 0.6) is 0 Å². The lowest BCUT2D eigenvalue weighted by atomic mass is 9.75. The number of benzene rings is 1. The molecule has 8 heteroatoms. The molecular weight excluding hydrogens is 438 g/mol. The van der Waals surface area contributed by atoms with Gasteiger partial charge in [-0.25, -0.2) is 13.8 Å². The maximum atomic E-state index is 14.8. The van der Waals surface area contributed by atoms with E-state index < -0.39 is 23.0 Å². The van der Waals surface area contributed by atoms with Crippen LogP contribution in [0.3, 0.4) is 0 Å². The van der Waals surface area contributed by atoms with Gasteiger partial charge in [0.05, 0.1) is 11.1 Å². The van der Waals surface area contributed by atoms with Crippen molar-refractivity contribution in [3.05, 3.63) is 63.9 Å². The number of pyridine rings is 2. The molecule has 1 N–H and O–H groups in total. The van der Waals surface area contributed by atoms with Gasteiger partial charge in [-0.15, -0.1) is 0 Å². The Hall–Kier alpha value is -3.29. The number of aromatic nitrogens is 2. The first-order valence-electron chi connectivity index (χ1n) is 12.0. The maximum Gasteiger partial charge on any atom is 0.257 e. The van der Waals surface area contributed by atoms with E-state index in [0.29, 0.717) is 23.6 Å². The Morgan fingerprint density at radius 3 is 2.50 bits per heavy atom. The van der Waals surface area contributed by atoms with Crippen LogP contribution in [-0.2, 0) is 0 Å². The molecule has 1 aliphatic heterocycles. The number of rotatable bonds is 4. The summed E-state index contributed by atoms with van der Waals surface area (Å²) < 4.78 is 29.9. The van der Waals surface area contributed by atoms with Crippen LogP contribution in [0, 0.1) is 29.4 Å². The predicted molar refractivity (Wildman–Crippen MR) is 123 cm³/mol. The molecule has 5 aliphatic rings. The van der Waals surface area contributed by atoms with Crippen LogP contribution in [0.4, 0.5) is 14.6 Å². The molecule has 174 valence electrons. The quantitative estimate of drug-likeness (QED) is 0.599. The van der Waals surface area contributed by atoms with Crippen LogP contribution in [0.15, 0.2) is 41.3 Å². The van der Waals surface area contributed by atoms with Crippen molar-refractivity contribution >= 4 is 22.8 Å². The van der Waals surface area contributed by atoms with Crippen LogP contribution in [0.1, 0.15) is 42.5 Å². The second-order valence-corrected chi connectivity index (χ2v) is 10.6. The normalized spacial score (nSPS) is 28.6. The van der Waals surface area contributed by atoms with Gasteiger partial charge in [0, 0.05) is 30.9 Å². The van der Waals surface area contributed by atoms with Crippen LogP contribution in [0.25, 0.3) is 16.7 Å². The monoisotopic (exact) mass is 462 g/mol. The highest BCUT2D eigenvalue weighted by atomic mass is 19.1. The fraction of sp³-hybridized carbons (Fsp3) is 0.423. The van der Waals surface area contributed by atoms with Gasteiger partial charge in [0.25, 0.3) is 5.91 Å². The Bertz CT molecular complexity index is 1410. The topological polar surface area (TPSA) is 67.0 Å². The number of hydrogen-bond acceptors (Lipinski definition) is 4. The van der Waals surface area contributed by atoms with Crippen LogP contribution in [0.2, 0.25) is 0 Å². The number of carbonyl (C=O) groups is 1. The first-order valence-corrected chi connectivity index (χ1v) is 12.0. The molecule has 3 aromatic rings. The highest BCUT2D eigenvalue weighted by Crippen LogP contribution is 2.59. The zero-order valence-electron chi connectivity index (χ0n) is 18.6. The van der Waals surface area contributed by atoms with Crippen molar-refractivity contribution in [1.29, 1.82) is 0 Å². The van der Waals surface area contributed by atoms with Gasteiger partial charge in [-0.05, 0) is 74.1 Å². The zero-order chi connectivity index (χ0) is 23.2. The predicted octanol–water partition coefficient (Wildman–Crippen LogP) is 3.79. The smallest absolute Gasteiger partial charge is 0.257 e. The molecule has 2 aromatic heterocycles. The summed E-state index contributed by atoms with van der Waals surface area (Å²) in [6.45, 7) is 1.72. The van der Waals surface area contributed by atoms with Crippen molar-refractivity contribution < 1.29 is 13.6 Å². The molecule has 4 aliphatic carbocycles. The minimum atomic E-state index is -0.792. The van der Waals surface area contributed by atoms with Crippen molar-refractivity contribution in [2.24, 2.45) is 17.8 Å². The van der Waals surface area contributed by atoms with Gasteiger partial charge in [-0.1, -0.05) is 0 Å². The number of fused-ring (bicyclic) bond motifs is 1. The van der Waals surface area contributed by atoms with Crippen LogP contribution < -0.4 is 15.6 Å². The molecule has 4 bridgehead atoms. The molecule has 1 saturated heterocycles. The van der Waals surface area contributed by atoms with Gasteiger partial charge in [0.2, 0.25) is 5.43 Å². The largest absolute Gasteiger partial charge is 0.353 e. The second-order valence-electron chi connectivity index (χ2n) is 10.6. The lowest BCUT2D eigenvalue weighted by molar-refractivity contribution is 0.0844. The molecule has 1 aromatic carbocycles. The van der Waals surface area contributed by atoms with Gasteiger partial charge in [0.1, 0.15) is 23.0 Å². The summed E-state index contributed by atoms with van der Waals surface area (Å²) in [5.74, 6) is 0.742. The fourth-order valence-electron chi connectivity index (χ4n) is 6.94. The Labute approximate surface area is 194 Å². The fourth-order valence-corrected chi connectivity index (χ4v) is 6.94. The van der Waals surface area contributed by atoms with E-state index in [4.69, 9.17) is 0 Å². The third-order valence-electron chi connectivity index (χ3n) is 8.32. The minimum Gasteiger partial charge on any atom is -0.353 e. The summed E-state index contributed by atoms with van der Waals surface area (Å²) in [7, 11) is 0. The maximum absolute atomic E-state index is 14.8. The molecule has 0 spiro atoms. The first-order chi connectivity index (χ1) is 16.4. The summed E-state index contributed by atoms with van der Waals surface area (Å²) in [4.78, 5) is 33.5. The number of nitrogens with one attached hydrogen (secondary N) is 1. The van der Waals surface area contributed by atoms with E-state index in [1.807, 2.05) is 4.90 Å². The van der Waals surface area contributed by atoms with Crippen LogP contribution >= 0.6 is 0 Å². The molecule has 8 rings (SSSR count). The third kappa shape index (κ3) is 3.00. The van der Waals surface area contributed by atoms with E-state index in [-0.39, 0.29) is 27.8 Å². The number of hydrogen-bond donors (Lipinski definition) is 1. The summed E-state index contributed by atoms with van der Waals surface area (Å²) in [6.07, 6.45) is 6.76. The average Bonchev–Trinajstić information content (AvgIpc) is 3.56. The van der Waals surface area contributed by atoms with Crippen molar-refractivity contribution in [1.82, 2.24) is 14.9 Å². The third-order valence-corrected chi connectivity index (χ3v) is 8.32. The SMILES string of the molecule is O=C(NC12CC3CC(C1)C(C3)C2)c1cn(-c2ccc(F)cc2F)c2nc(N3CC3)ccc2c1=O. The summed E-state index contributed by atoms with van der Waals surface area (Å²) in [5.41, 5.74) is -0.441. The van der Waals surface area contributed by atoms with Crippen molar-refractivity contribution in [3.8, 4) is 5.69 Å². The molecule has 3 heterocycles. The lowest BCUT2D eigenvalue weighted by Crippen LogP contribution is -2.51. The second kappa shape index (κ2) is 6.87. The van der Waals surface area contributed by atoms with E-state index in [0.717, 1.165) is 44.5 Å². The molecular formula is C26H24F2N4O2. The summed E-state index contributed by atoms with van der Waals surface area (Å²) in [5, 5.41) is 3.45. The molecule has 0 radical (unpaired) electrons. The molecule has 2 atom stereocenters. The average molecular weight is 463 g/mol. The lowest BCUT2D eigenvalue weighted by Gasteiger charge is -2.39. The summed E-state index contributed by atoms with van der Waals surface area (Å²) in [6, 6.07) is 6.64. The highest BCUT2D eigenvalue weighted by molar-refractivity contribution is 5.98. The van der Waals surface area contributed by atoms with Gasteiger partial charge in [-0.2, -0.15) is 0 Å². The molecule has 1 amide bonds. The molecule has 34 heavy (non-hydrogen) atoms. The Kier molecular flexibility index (Phi) is 4.06. The summed E-state index contributed by atoms with van der Waals surface area (Å²) >= 11 is 0. The Morgan fingerprint density at radius 2 is 1.82 bits per heavy atom. The van der Waals surface area contributed by atoms with Crippen molar-refractivity contribution in [3.63, 3.8) is 0 Å². The van der Waals surface area contributed by atoms with E-state index >= 15 is 0 Å². The molecule has 2 unspecified atom stereocenters. The van der Waals surface area contributed by atoms with Crippen molar-refractivity contribution in [2.45, 2.75) is 37.6 Å². The van der Waals surface area contributed by atoms with Gasteiger partial charge in [0.15, 0.2) is 5.65 Å². The van der Waals surface area contributed by atoms with Gasteiger partial charge < -0.3 is 10.2 Å². The van der Waals surface area contributed by atoms with Crippen molar-refractivity contribution in [2.75, 3.05) is 18.0 Å². The standard InChI is InChI=1S/C26H24F2N4O2/c27-17-1-3-21(20(28)9-17)32-13-19(23(33)18-2-4-22(29-24(18)32)31-5-6-31)25(34)30-26-10-14-7-15(11-26)16(8-14)12-26/h1-4,9,13-16H,5-8,10-12H2,(H,30,34). The molecule has 6 nitrogen and oxygen atoms in total. The number of nitrogens with zero attached hydrogens (tertiary/aromatic N) is 3. The van der Waals surface area contributed by atoms with Crippen LogP contribution in [-0.4, -0.2) is 34.1 Å². The van der Waals surface area contributed by atoms with E-state index in [1.54, 1.807) is 12.1 Å². The zero-order valence-corrected chi connectivity index (χ0v) is 18.6. The van der Waals surface area contributed by atoms with E-state index in [1.165, 1.54) is 29.7 Å². The number of halogens is 2. The molecule has 5 fully saturated rings.